The molecule has 2 aromatic rings. The van der Waals surface area contributed by atoms with E-state index in [1.807, 2.05) is 19.1 Å². The normalized spacial score (nSPS) is 10.7. The molecule has 0 heterocycles. The van der Waals surface area contributed by atoms with E-state index in [0.717, 1.165) is 5.56 Å². The molecule has 0 aliphatic carbocycles. The van der Waals surface area contributed by atoms with Crippen LogP contribution in [0.25, 0.3) is 6.08 Å². The minimum absolute atomic E-state index is 0.0305. The minimum atomic E-state index is -0.104. The highest BCUT2D eigenvalue weighted by molar-refractivity contribution is 6.07. The SMILES string of the molecule is COc1cccc(/C=C/C(=O)c2ccc(C)cc2)c1O. The number of aromatic hydroxyl groups is 1. The lowest BCUT2D eigenvalue weighted by molar-refractivity contribution is 0.104. The molecule has 0 amide bonds. The van der Waals surface area contributed by atoms with E-state index in [-0.39, 0.29) is 11.5 Å². The maximum atomic E-state index is 12.0. The van der Waals surface area contributed by atoms with Crippen molar-refractivity contribution in [2.24, 2.45) is 0 Å². The molecule has 0 spiro atoms. The number of allylic oxidation sites excluding steroid dienone is 1. The lowest BCUT2D eigenvalue weighted by atomic mass is 10.1. The summed E-state index contributed by atoms with van der Waals surface area (Å²) >= 11 is 0. The number of ketones is 1. The average Bonchev–Trinajstić information content (AvgIpc) is 2.46. The molecule has 0 aliphatic rings. The molecule has 2 rings (SSSR count). The van der Waals surface area contributed by atoms with Crippen LogP contribution in [0.5, 0.6) is 11.5 Å². The van der Waals surface area contributed by atoms with Crippen molar-refractivity contribution in [3.8, 4) is 11.5 Å². The zero-order valence-electron chi connectivity index (χ0n) is 11.5. The fraction of sp³-hybridized carbons (Fsp3) is 0.118. The van der Waals surface area contributed by atoms with E-state index in [4.69, 9.17) is 4.74 Å². The second kappa shape index (κ2) is 6.06. The molecule has 3 nitrogen and oxygen atoms in total. The Bertz CT molecular complexity index is 640. The Morgan fingerprint density at radius 1 is 1.15 bits per heavy atom. The molecule has 0 aromatic heterocycles. The van der Waals surface area contributed by atoms with E-state index < -0.39 is 0 Å². The van der Waals surface area contributed by atoms with Gasteiger partial charge in [-0.15, -0.1) is 0 Å². The minimum Gasteiger partial charge on any atom is -0.504 e. The van der Waals surface area contributed by atoms with Gasteiger partial charge in [-0.2, -0.15) is 0 Å². The number of aryl methyl sites for hydroxylation is 1. The van der Waals surface area contributed by atoms with E-state index in [9.17, 15) is 9.90 Å². The topological polar surface area (TPSA) is 46.5 Å². The van der Waals surface area contributed by atoms with Gasteiger partial charge in [0.1, 0.15) is 0 Å². The number of para-hydroxylation sites is 1. The van der Waals surface area contributed by atoms with Crippen LogP contribution in [0.2, 0.25) is 0 Å². The van der Waals surface area contributed by atoms with Gasteiger partial charge in [0, 0.05) is 11.1 Å². The number of carbonyl (C=O) groups is 1. The summed E-state index contributed by atoms with van der Waals surface area (Å²) in [4.78, 5) is 12.0. The number of rotatable bonds is 4. The zero-order chi connectivity index (χ0) is 14.5. The highest BCUT2D eigenvalue weighted by atomic mass is 16.5. The molecule has 0 unspecified atom stereocenters. The molecular weight excluding hydrogens is 252 g/mol. The molecule has 0 radical (unpaired) electrons. The van der Waals surface area contributed by atoms with Crippen molar-refractivity contribution in [1.29, 1.82) is 0 Å². The lowest BCUT2D eigenvalue weighted by Gasteiger charge is -2.05. The van der Waals surface area contributed by atoms with Crippen LogP contribution < -0.4 is 4.74 Å². The summed E-state index contributed by atoms with van der Waals surface area (Å²) in [5, 5.41) is 9.92. The van der Waals surface area contributed by atoms with Gasteiger partial charge in [0.2, 0.25) is 0 Å². The highest BCUT2D eigenvalue weighted by Crippen LogP contribution is 2.30. The fourth-order valence-electron chi connectivity index (χ4n) is 1.82. The molecule has 0 bridgehead atoms. The summed E-state index contributed by atoms with van der Waals surface area (Å²) in [6, 6.07) is 12.5. The number of carbonyl (C=O) groups excluding carboxylic acids is 1. The van der Waals surface area contributed by atoms with Crippen LogP contribution in [0.1, 0.15) is 21.5 Å². The zero-order valence-corrected chi connectivity index (χ0v) is 11.5. The maximum Gasteiger partial charge on any atom is 0.185 e. The van der Waals surface area contributed by atoms with Crippen molar-refractivity contribution < 1.29 is 14.6 Å². The first-order chi connectivity index (χ1) is 9.61. The molecule has 2 aromatic carbocycles. The molecule has 0 saturated heterocycles. The van der Waals surface area contributed by atoms with Crippen molar-refractivity contribution >= 4 is 11.9 Å². The standard InChI is InChI=1S/C17H16O3/c1-12-6-8-13(9-7-12)15(18)11-10-14-4-3-5-16(20-2)17(14)19/h3-11,19H,1-2H3/b11-10+. The Morgan fingerprint density at radius 3 is 2.50 bits per heavy atom. The number of phenolic OH excluding ortho intramolecular Hbond substituents is 1. The third kappa shape index (κ3) is 3.06. The average molecular weight is 268 g/mol. The van der Waals surface area contributed by atoms with Gasteiger partial charge >= 0.3 is 0 Å². The summed E-state index contributed by atoms with van der Waals surface area (Å²) in [5.41, 5.74) is 2.27. The van der Waals surface area contributed by atoms with Crippen LogP contribution >= 0.6 is 0 Å². The largest absolute Gasteiger partial charge is 0.504 e. The number of ether oxygens (including phenoxy) is 1. The Hall–Kier alpha value is -2.55. The molecule has 0 atom stereocenters. The Balaban J connectivity index is 2.21. The number of benzene rings is 2. The van der Waals surface area contributed by atoms with Gasteiger partial charge in [-0.1, -0.05) is 42.0 Å². The van der Waals surface area contributed by atoms with Crippen LogP contribution in [0.4, 0.5) is 0 Å². The molecular formula is C17H16O3. The van der Waals surface area contributed by atoms with E-state index in [0.29, 0.717) is 16.9 Å². The summed E-state index contributed by atoms with van der Waals surface area (Å²) in [6.45, 7) is 1.97. The third-order valence-corrected chi connectivity index (χ3v) is 3.00. The molecule has 0 aliphatic heterocycles. The van der Waals surface area contributed by atoms with Gasteiger partial charge in [0.05, 0.1) is 7.11 Å². The molecule has 0 fully saturated rings. The quantitative estimate of drug-likeness (QED) is 0.680. The summed E-state index contributed by atoms with van der Waals surface area (Å²) in [7, 11) is 1.49. The van der Waals surface area contributed by atoms with E-state index >= 15 is 0 Å². The number of hydrogen-bond donors (Lipinski definition) is 1. The third-order valence-electron chi connectivity index (χ3n) is 3.00. The van der Waals surface area contributed by atoms with Crippen LogP contribution in [0.3, 0.4) is 0 Å². The van der Waals surface area contributed by atoms with Gasteiger partial charge in [0.15, 0.2) is 17.3 Å². The van der Waals surface area contributed by atoms with E-state index in [1.54, 1.807) is 36.4 Å². The van der Waals surface area contributed by atoms with Gasteiger partial charge in [-0.05, 0) is 25.1 Å². The Kier molecular flexibility index (Phi) is 4.20. The second-order valence-electron chi connectivity index (χ2n) is 4.46. The number of methoxy groups -OCH3 is 1. The van der Waals surface area contributed by atoms with Crippen LogP contribution in [0, 0.1) is 6.92 Å². The van der Waals surface area contributed by atoms with E-state index in [1.165, 1.54) is 13.2 Å². The van der Waals surface area contributed by atoms with E-state index in [2.05, 4.69) is 0 Å². The monoisotopic (exact) mass is 268 g/mol. The molecule has 102 valence electrons. The second-order valence-corrected chi connectivity index (χ2v) is 4.46. The van der Waals surface area contributed by atoms with Gasteiger partial charge < -0.3 is 9.84 Å². The van der Waals surface area contributed by atoms with Crippen LogP contribution in [-0.2, 0) is 0 Å². The van der Waals surface area contributed by atoms with Crippen molar-refractivity contribution in [2.45, 2.75) is 6.92 Å². The molecule has 20 heavy (non-hydrogen) atoms. The number of hydrogen-bond acceptors (Lipinski definition) is 3. The van der Waals surface area contributed by atoms with Crippen LogP contribution in [-0.4, -0.2) is 18.0 Å². The van der Waals surface area contributed by atoms with Crippen LogP contribution in [0.15, 0.2) is 48.5 Å². The summed E-state index contributed by atoms with van der Waals surface area (Å²) in [5.74, 6) is 0.310. The predicted molar refractivity (Wildman–Crippen MR) is 79.2 cm³/mol. The molecule has 3 heteroatoms. The summed E-state index contributed by atoms with van der Waals surface area (Å²) in [6.07, 6.45) is 3.03. The molecule has 1 N–H and O–H groups in total. The van der Waals surface area contributed by atoms with Crippen molar-refractivity contribution in [2.75, 3.05) is 7.11 Å². The maximum absolute atomic E-state index is 12.0. The number of phenols is 1. The highest BCUT2D eigenvalue weighted by Gasteiger charge is 2.05. The smallest absolute Gasteiger partial charge is 0.185 e. The first-order valence-electron chi connectivity index (χ1n) is 6.27. The van der Waals surface area contributed by atoms with Gasteiger partial charge in [0.25, 0.3) is 0 Å². The lowest BCUT2D eigenvalue weighted by Crippen LogP contribution is -1.93. The summed E-state index contributed by atoms with van der Waals surface area (Å²) < 4.78 is 5.02. The van der Waals surface area contributed by atoms with Crippen molar-refractivity contribution in [3.63, 3.8) is 0 Å². The Labute approximate surface area is 118 Å². The molecule has 0 saturated carbocycles. The van der Waals surface area contributed by atoms with Crippen molar-refractivity contribution in [3.05, 3.63) is 65.2 Å². The predicted octanol–water partition coefficient (Wildman–Crippen LogP) is 3.61. The first kappa shape index (κ1) is 13.9. The van der Waals surface area contributed by atoms with Gasteiger partial charge in [-0.3, -0.25) is 4.79 Å². The Morgan fingerprint density at radius 2 is 1.85 bits per heavy atom. The fourth-order valence-corrected chi connectivity index (χ4v) is 1.82. The van der Waals surface area contributed by atoms with Crippen molar-refractivity contribution in [1.82, 2.24) is 0 Å². The first-order valence-corrected chi connectivity index (χ1v) is 6.27. The van der Waals surface area contributed by atoms with Gasteiger partial charge in [-0.25, -0.2) is 0 Å².